The lowest BCUT2D eigenvalue weighted by Gasteiger charge is -2.16. The SMILES string of the molecule is CC(CS(C)(=O)=O)NCC(C)C(N)=NO. The average molecular weight is 237 g/mol. The summed E-state index contributed by atoms with van der Waals surface area (Å²) in [6, 6.07) is -0.144. The largest absolute Gasteiger partial charge is 0.409 e. The van der Waals surface area contributed by atoms with Crippen LogP contribution in [0.25, 0.3) is 0 Å². The molecule has 6 nitrogen and oxygen atoms in total. The van der Waals surface area contributed by atoms with Crippen molar-refractivity contribution >= 4 is 15.7 Å². The monoisotopic (exact) mass is 237 g/mol. The van der Waals surface area contributed by atoms with Gasteiger partial charge in [-0.2, -0.15) is 0 Å². The Morgan fingerprint density at radius 3 is 2.47 bits per heavy atom. The predicted octanol–water partition coefficient (Wildman–Crippen LogP) is -0.608. The zero-order valence-corrected chi connectivity index (χ0v) is 10.1. The Balaban J connectivity index is 3.96. The second-order valence-electron chi connectivity index (χ2n) is 3.83. The number of nitrogens with zero attached hydrogens (tertiary/aromatic N) is 1. The Morgan fingerprint density at radius 2 is 2.07 bits per heavy atom. The Kier molecular flexibility index (Phi) is 5.59. The van der Waals surface area contributed by atoms with E-state index in [-0.39, 0.29) is 23.5 Å². The van der Waals surface area contributed by atoms with E-state index in [4.69, 9.17) is 10.9 Å². The van der Waals surface area contributed by atoms with Gasteiger partial charge in [-0.1, -0.05) is 12.1 Å². The molecule has 0 aliphatic carbocycles. The number of rotatable bonds is 6. The first-order chi connectivity index (χ1) is 6.76. The van der Waals surface area contributed by atoms with Gasteiger partial charge in [-0.05, 0) is 6.92 Å². The van der Waals surface area contributed by atoms with Crippen LogP contribution in [0.3, 0.4) is 0 Å². The summed E-state index contributed by atoms with van der Waals surface area (Å²) in [5.41, 5.74) is 5.37. The molecule has 0 bridgehead atoms. The molecule has 4 N–H and O–H groups in total. The Labute approximate surface area is 90.5 Å². The van der Waals surface area contributed by atoms with Crippen molar-refractivity contribution in [3.8, 4) is 0 Å². The number of hydrogen-bond acceptors (Lipinski definition) is 5. The molecule has 0 aliphatic heterocycles. The Morgan fingerprint density at radius 1 is 1.53 bits per heavy atom. The third kappa shape index (κ3) is 7.15. The molecule has 0 aromatic rings. The zero-order valence-electron chi connectivity index (χ0n) is 9.27. The quantitative estimate of drug-likeness (QED) is 0.247. The molecule has 0 heterocycles. The molecular weight excluding hydrogens is 218 g/mol. The lowest BCUT2D eigenvalue weighted by molar-refractivity contribution is 0.314. The normalized spacial score (nSPS) is 17.4. The van der Waals surface area contributed by atoms with Crippen LogP contribution in [0.4, 0.5) is 0 Å². The van der Waals surface area contributed by atoms with Crippen molar-refractivity contribution in [1.29, 1.82) is 0 Å². The zero-order chi connectivity index (χ0) is 12.1. The van der Waals surface area contributed by atoms with Gasteiger partial charge in [-0.15, -0.1) is 0 Å². The summed E-state index contributed by atoms with van der Waals surface area (Å²) in [6.07, 6.45) is 1.19. The predicted molar refractivity (Wildman–Crippen MR) is 59.7 cm³/mol. The lowest BCUT2D eigenvalue weighted by atomic mass is 10.1. The van der Waals surface area contributed by atoms with E-state index in [1.807, 2.05) is 0 Å². The summed E-state index contributed by atoms with van der Waals surface area (Å²) in [7, 11) is -2.97. The van der Waals surface area contributed by atoms with Crippen molar-refractivity contribution in [1.82, 2.24) is 5.32 Å². The molecule has 0 saturated carbocycles. The third-order valence-corrected chi connectivity index (χ3v) is 3.05. The number of nitrogens with two attached hydrogens (primary N) is 1. The van der Waals surface area contributed by atoms with Crippen molar-refractivity contribution in [2.75, 3.05) is 18.6 Å². The maximum Gasteiger partial charge on any atom is 0.148 e. The number of hydrogen-bond donors (Lipinski definition) is 3. The summed E-state index contributed by atoms with van der Waals surface area (Å²) < 4.78 is 21.9. The van der Waals surface area contributed by atoms with Gasteiger partial charge in [-0.25, -0.2) is 8.42 Å². The molecule has 7 heteroatoms. The molecule has 0 radical (unpaired) electrons. The molecule has 0 fully saturated rings. The molecule has 0 aromatic heterocycles. The molecule has 0 saturated heterocycles. The molecule has 0 aliphatic rings. The van der Waals surface area contributed by atoms with Gasteiger partial charge in [0.05, 0.1) is 5.75 Å². The fourth-order valence-electron chi connectivity index (χ4n) is 1.09. The topological polar surface area (TPSA) is 105 Å². The summed E-state index contributed by atoms with van der Waals surface area (Å²) >= 11 is 0. The van der Waals surface area contributed by atoms with Gasteiger partial charge in [0.1, 0.15) is 15.7 Å². The maximum absolute atomic E-state index is 10.9. The van der Waals surface area contributed by atoms with E-state index in [2.05, 4.69) is 10.5 Å². The molecule has 90 valence electrons. The Bertz CT molecular complexity index is 313. The maximum atomic E-state index is 10.9. The third-order valence-electron chi connectivity index (χ3n) is 1.95. The van der Waals surface area contributed by atoms with Gasteiger partial charge < -0.3 is 16.3 Å². The van der Waals surface area contributed by atoms with Crippen LogP contribution in [0.15, 0.2) is 5.16 Å². The van der Waals surface area contributed by atoms with Crippen molar-refractivity contribution < 1.29 is 13.6 Å². The molecule has 0 aromatic carbocycles. The number of oxime groups is 1. The van der Waals surface area contributed by atoms with E-state index in [0.717, 1.165) is 0 Å². The highest BCUT2D eigenvalue weighted by atomic mass is 32.2. The van der Waals surface area contributed by atoms with Gasteiger partial charge in [0, 0.05) is 24.8 Å². The van der Waals surface area contributed by atoms with Gasteiger partial charge >= 0.3 is 0 Å². The van der Waals surface area contributed by atoms with Crippen LogP contribution in [0.5, 0.6) is 0 Å². The van der Waals surface area contributed by atoms with Crippen LogP contribution in [-0.4, -0.2) is 44.1 Å². The highest BCUT2D eigenvalue weighted by Crippen LogP contribution is 1.95. The summed E-state index contributed by atoms with van der Waals surface area (Å²) in [4.78, 5) is 0. The molecular formula is C8H19N3O3S. The van der Waals surface area contributed by atoms with Crippen LogP contribution in [0.2, 0.25) is 0 Å². The highest BCUT2D eigenvalue weighted by Gasteiger charge is 2.12. The number of nitrogens with one attached hydrogen (secondary N) is 1. The molecule has 0 amide bonds. The average Bonchev–Trinajstić information content (AvgIpc) is 2.10. The smallest absolute Gasteiger partial charge is 0.148 e. The van der Waals surface area contributed by atoms with Crippen molar-refractivity contribution in [2.45, 2.75) is 19.9 Å². The van der Waals surface area contributed by atoms with Crippen LogP contribution in [0.1, 0.15) is 13.8 Å². The van der Waals surface area contributed by atoms with Gasteiger partial charge in [0.2, 0.25) is 0 Å². The van der Waals surface area contributed by atoms with E-state index in [1.54, 1.807) is 13.8 Å². The van der Waals surface area contributed by atoms with Crippen molar-refractivity contribution in [3.05, 3.63) is 0 Å². The first-order valence-corrected chi connectivity index (χ1v) is 6.71. The summed E-state index contributed by atoms with van der Waals surface area (Å²) in [5, 5.41) is 14.3. The molecule has 2 unspecified atom stereocenters. The molecule has 0 spiro atoms. The van der Waals surface area contributed by atoms with Crippen LogP contribution >= 0.6 is 0 Å². The van der Waals surface area contributed by atoms with Gasteiger partial charge in [0.15, 0.2) is 0 Å². The molecule has 15 heavy (non-hydrogen) atoms. The van der Waals surface area contributed by atoms with Crippen molar-refractivity contribution in [2.24, 2.45) is 16.8 Å². The van der Waals surface area contributed by atoms with E-state index in [9.17, 15) is 8.42 Å². The van der Waals surface area contributed by atoms with E-state index >= 15 is 0 Å². The van der Waals surface area contributed by atoms with Crippen LogP contribution in [0, 0.1) is 5.92 Å². The minimum absolute atomic E-state index is 0.0793. The fraction of sp³-hybridized carbons (Fsp3) is 0.875. The van der Waals surface area contributed by atoms with Crippen LogP contribution in [-0.2, 0) is 9.84 Å². The second kappa shape index (κ2) is 5.92. The molecule has 0 rings (SSSR count). The van der Waals surface area contributed by atoms with Gasteiger partial charge in [0.25, 0.3) is 0 Å². The number of sulfone groups is 1. The fourth-order valence-corrected chi connectivity index (χ4v) is 2.12. The first-order valence-electron chi connectivity index (χ1n) is 4.64. The first kappa shape index (κ1) is 14.2. The van der Waals surface area contributed by atoms with E-state index in [1.165, 1.54) is 6.26 Å². The minimum atomic E-state index is -2.97. The minimum Gasteiger partial charge on any atom is -0.409 e. The highest BCUT2D eigenvalue weighted by molar-refractivity contribution is 7.90. The van der Waals surface area contributed by atoms with Crippen molar-refractivity contribution in [3.63, 3.8) is 0 Å². The van der Waals surface area contributed by atoms with E-state index in [0.29, 0.717) is 6.54 Å². The van der Waals surface area contributed by atoms with Gasteiger partial charge in [-0.3, -0.25) is 0 Å². The molecule has 2 atom stereocenters. The second-order valence-corrected chi connectivity index (χ2v) is 6.01. The van der Waals surface area contributed by atoms with E-state index < -0.39 is 9.84 Å². The summed E-state index contributed by atoms with van der Waals surface area (Å²) in [5.74, 6) is 0.0849. The Hall–Kier alpha value is -0.820. The lowest BCUT2D eigenvalue weighted by Crippen LogP contribution is -2.39. The van der Waals surface area contributed by atoms with Crippen LogP contribution < -0.4 is 11.1 Å². The number of amidine groups is 1. The standard InChI is InChI=1S/C8H19N3O3S/c1-6(8(9)11-12)4-10-7(2)5-15(3,13)14/h6-7,10,12H,4-5H2,1-3H3,(H2,9,11). The summed E-state index contributed by atoms with van der Waals surface area (Å²) in [6.45, 7) is 4.04.